The highest BCUT2D eigenvalue weighted by atomic mass is 35.5. The summed E-state index contributed by atoms with van der Waals surface area (Å²) >= 11 is 6.48. The topological polar surface area (TPSA) is 105 Å². The predicted molar refractivity (Wildman–Crippen MR) is 192 cm³/mol. The lowest BCUT2D eigenvalue weighted by Gasteiger charge is -2.34. The molecule has 1 aliphatic carbocycles. The second kappa shape index (κ2) is 16.2. The molecule has 49 heavy (non-hydrogen) atoms. The first-order valence-corrected chi connectivity index (χ1v) is 18.1. The number of benzene rings is 4. The molecular weight excluding hydrogens is 662 g/mol. The summed E-state index contributed by atoms with van der Waals surface area (Å²) in [7, 11) is -1.25. The minimum Gasteiger partial charge on any atom is -0.497 e. The number of rotatable bonds is 14. The lowest BCUT2D eigenvalue weighted by atomic mass is 10.0. The van der Waals surface area contributed by atoms with Gasteiger partial charge in [-0.05, 0) is 73.4 Å². The standard InChI is InChI=1S/C38H42ClN3O6S/c1-27-16-19-33(20-17-27)49(45,46)42(31-18-21-36(48-3)34(39)24-31)26-37(43)41(25-29-12-9-15-32(22-29)47-2)35(23-28-10-5-4-6-11-28)38(44)40-30-13-7-8-14-30/h4-6,9-12,15-22,24,30,35H,7-8,13-14,23,25-26H2,1-3H3,(H,40,44)/t35-/m1/s1. The number of aryl methyl sites for hydroxylation is 1. The summed E-state index contributed by atoms with van der Waals surface area (Å²) < 4.78 is 40.4. The maximum Gasteiger partial charge on any atom is 0.264 e. The number of nitrogens with one attached hydrogen (secondary N) is 1. The zero-order valence-corrected chi connectivity index (χ0v) is 29.5. The Labute approximate surface area is 293 Å². The normalized spacial score (nSPS) is 13.8. The number of hydrogen-bond acceptors (Lipinski definition) is 6. The first kappa shape index (κ1) is 35.8. The van der Waals surface area contributed by atoms with Gasteiger partial charge in [0.25, 0.3) is 10.0 Å². The minimum atomic E-state index is -4.28. The zero-order chi connectivity index (χ0) is 35.0. The molecule has 258 valence electrons. The van der Waals surface area contributed by atoms with Crippen molar-refractivity contribution < 1.29 is 27.5 Å². The van der Waals surface area contributed by atoms with Crippen LogP contribution in [0.2, 0.25) is 5.02 Å². The minimum absolute atomic E-state index is 0.0111. The van der Waals surface area contributed by atoms with E-state index in [1.807, 2.05) is 49.4 Å². The smallest absolute Gasteiger partial charge is 0.264 e. The highest BCUT2D eigenvalue weighted by Crippen LogP contribution is 2.32. The largest absolute Gasteiger partial charge is 0.497 e. The van der Waals surface area contributed by atoms with Crippen molar-refractivity contribution in [3.05, 3.63) is 119 Å². The maximum absolute atomic E-state index is 14.8. The molecule has 2 amide bonds. The maximum atomic E-state index is 14.8. The Hall–Kier alpha value is -4.54. The van der Waals surface area contributed by atoms with Crippen LogP contribution in [0.1, 0.15) is 42.4 Å². The van der Waals surface area contributed by atoms with Crippen LogP contribution in [0.25, 0.3) is 0 Å². The summed E-state index contributed by atoms with van der Waals surface area (Å²) in [4.78, 5) is 30.4. The zero-order valence-electron chi connectivity index (χ0n) is 28.0. The molecule has 5 rings (SSSR count). The number of methoxy groups -OCH3 is 2. The van der Waals surface area contributed by atoms with E-state index in [1.165, 1.54) is 30.2 Å². The molecule has 0 radical (unpaired) electrons. The third kappa shape index (κ3) is 8.93. The van der Waals surface area contributed by atoms with Crippen LogP contribution >= 0.6 is 11.6 Å². The van der Waals surface area contributed by atoms with Crippen LogP contribution in [0.15, 0.2) is 102 Å². The van der Waals surface area contributed by atoms with Crippen molar-refractivity contribution in [3.8, 4) is 11.5 Å². The van der Waals surface area contributed by atoms with Crippen molar-refractivity contribution in [2.24, 2.45) is 0 Å². The molecule has 0 bridgehead atoms. The number of anilines is 1. The summed E-state index contributed by atoms with van der Waals surface area (Å²) in [5.41, 5.74) is 2.65. The van der Waals surface area contributed by atoms with E-state index >= 15 is 0 Å². The van der Waals surface area contributed by atoms with E-state index in [-0.39, 0.29) is 40.5 Å². The quantitative estimate of drug-likeness (QED) is 0.160. The van der Waals surface area contributed by atoms with Gasteiger partial charge in [-0.2, -0.15) is 0 Å². The van der Waals surface area contributed by atoms with E-state index in [9.17, 15) is 18.0 Å². The molecule has 4 aromatic carbocycles. The van der Waals surface area contributed by atoms with Crippen LogP contribution < -0.4 is 19.1 Å². The Morgan fingerprint density at radius 1 is 0.878 bits per heavy atom. The molecule has 1 aliphatic rings. The lowest BCUT2D eigenvalue weighted by molar-refractivity contribution is -0.140. The Morgan fingerprint density at radius 3 is 2.22 bits per heavy atom. The average Bonchev–Trinajstić information content (AvgIpc) is 3.62. The fourth-order valence-electron chi connectivity index (χ4n) is 6.07. The SMILES string of the molecule is COc1cccc(CN(C(=O)CN(c2ccc(OC)c(Cl)c2)S(=O)(=O)c2ccc(C)cc2)[C@H](Cc2ccccc2)C(=O)NC2CCCC2)c1. The van der Waals surface area contributed by atoms with E-state index in [1.54, 1.807) is 43.5 Å². The molecule has 0 spiro atoms. The Balaban J connectivity index is 1.59. The Kier molecular flexibility index (Phi) is 11.9. The van der Waals surface area contributed by atoms with Crippen LogP contribution in [0.3, 0.4) is 0 Å². The molecule has 1 N–H and O–H groups in total. The fourth-order valence-corrected chi connectivity index (χ4v) is 7.72. The van der Waals surface area contributed by atoms with Crippen molar-refractivity contribution in [2.75, 3.05) is 25.1 Å². The number of halogens is 1. The molecule has 0 unspecified atom stereocenters. The molecule has 9 nitrogen and oxygen atoms in total. The van der Waals surface area contributed by atoms with Gasteiger partial charge < -0.3 is 19.7 Å². The van der Waals surface area contributed by atoms with Crippen molar-refractivity contribution >= 4 is 39.1 Å². The highest BCUT2D eigenvalue weighted by molar-refractivity contribution is 7.92. The molecule has 0 heterocycles. The summed E-state index contributed by atoms with van der Waals surface area (Å²) in [5, 5.41) is 3.37. The lowest BCUT2D eigenvalue weighted by Crippen LogP contribution is -2.54. The van der Waals surface area contributed by atoms with Gasteiger partial charge in [0.15, 0.2) is 0 Å². The van der Waals surface area contributed by atoms with E-state index in [4.69, 9.17) is 21.1 Å². The van der Waals surface area contributed by atoms with E-state index < -0.39 is 28.5 Å². The van der Waals surface area contributed by atoms with E-state index in [2.05, 4.69) is 5.32 Å². The van der Waals surface area contributed by atoms with Gasteiger partial charge >= 0.3 is 0 Å². The number of ether oxygens (including phenoxy) is 2. The number of hydrogen-bond donors (Lipinski definition) is 1. The summed E-state index contributed by atoms with van der Waals surface area (Å²) in [6, 6.07) is 26.8. The van der Waals surface area contributed by atoms with E-state index in [0.29, 0.717) is 11.5 Å². The fraction of sp³-hybridized carbons (Fsp3) is 0.316. The van der Waals surface area contributed by atoms with Crippen molar-refractivity contribution in [2.45, 2.75) is 62.6 Å². The van der Waals surface area contributed by atoms with Gasteiger partial charge in [-0.15, -0.1) is 0 Å². The number of carbonyl (C=O) groups excluding carboxylic acids is 2. The van der Waals surface area contributed by atoms with Gasteiger partial charge in [0.2, 0.25) is 11.8 Å². The van der Waals surface area contributed by atoms with Gasteiger partial charge in [0, 0.05) is 19.0 Å². The van der Waals surface area contributed by atoms with Crippen molar-refractivity contribution in [1.29, 1.82) is 0 Å². The van der Waals surface area contributed by atoms with Gasteiger partial charge in [-0.1, -0.05) is 84.6 Å². The molecule has 0 saturated heterocycles. The van der Waals surface area contributed by atoms with E-state index in [0.717, 1.165) is 46.7 Å². The van der Waals surface area contributed by atoms with Crippen LogP contribution in [0.5, 0.6) is 11.5 Å². The van der Waals surface area contributed by atoms with Crippen LogP contribution in [-0.2, 0) is 32.6 Å². The Morgan fingerprint density at radius 2 is 1.57 bits per heavy atom. The summed E-state index contributed by atoms with van der Waals surface area (Å²) in [5.74, 6) is 0.104. The van der Waals surface area contributed by atoms with Crippen molar-refractivity contribution in [1.82, 2.24) is 10.2 Å². The van der Waals surface area contributed by atoms with Gasteiger partial charge in [0.05, 0.1) is 29.8 Å². The summed E-state index contributed by atoms with van der Waals surface area (Å²) in [6.07, 6.45) is 4.02. The molecule has 0 aromatic heterocycles. The number of carbonyl (C=O) groups is 2. The molecule has 11 heteroatoms. The van der Waals surface area contributed by atoms with Gasteiger partial charge in [0.1, 0.15) is 24.1 Å². The second-order valence-corrected chi connectivity index (χ2v) is 14.5. The first-order valence-electron chi connectivity index (χ1n) is 16.3. The van der Waals surface area contributed by atoms with Crippen LogP contribution in [0, 0.1) is 6.92 Å². The third-order valence-electron chi connectivity index (χ3n) is 8.77. The first-order chi connectivity index (χ1) is 23.6. The van der Waals surface area contributed by atoms with Crippen LogP contribution in [0.4, 0.5) is 5.69 Å². The third-order valence-corrected chi connectivity index (χ3v) is 10.9. The van der Waals surface area contributed by atoms with Gasteiger partial charge in [-0.3, -0.25) is 13.9 Å². The molecule has 1 fully saturated rings. The van der Waals surface area contributed by atoms with Crippen molar-refractivity contribution in [3.63, 3.8) is 0 Å². The summed E-state index contributed by atoms with van der Waals surface area (Å²) in [6.45, 7) is 1.30. The molecule has 0 aliphatic heterocycles. The highest BCUT2D eigenvalue weighted by Gasteiger charge is 2.36. The van der Waals surface area contributed by atoms with Crippen LogP contribution in [-0.4, -0.2) is 58.0 Å². The predicted octanol–water partition coefficient (Wildman–Crippen LogP) is 6.56. The molecular formula is C38H42ClN3O6S. The number of sulfonamides is 1. The Bertz CT molecular complexity index is 1850. The molecule has 1 atom stereocenters. The second-order valence-electron chi connectivity index (χ2n) is 12.2. The molecule has 1 saturated carbocycles. The van der Waals surface area contributed by atoms with Gasteiger partial charge in [-0.25, -0.2) is 8.42 Å². The average molecular weight is 704 g/mol. The monoisotopic (exact) mass is 703 g/mol. The number of amides is 2. The number of nitrogens with zero attached hydrogens (tertiary/aromatic N) is 2. The molecule has 4 aromatic rings.